The van der Waals surface area contributed by atoms with Gasteiger partial charge in [-0.3, -0.25) is 4.79 Å². The minimum atomic E-state index is -0.124. The molecule has 1 aromatic carbocycles. The van der Waals surface area contributed by atoms with Crippen molar-refractivity contribution in [2.75, 3.05) is 18.0 Å². The highest BCUT2D eigenvalue weighted by Crippen LogP contribution is 2.29. The normalized spacial score (nSPS) is 13.9. The van der Waals surface area contributed by atoms with Crippen LogP contribution in [0.2, 0.25) is 0 Å². The van der Waals surface area contributed by atoms with Crippen LogP contribution in [0.25, 0.3) is 21.6 Å². The number of aromatic nitrogens is 4. The van der Waals surface area contributed by atoms with Crippen LogP contribution in [0.5, 0.6) is 0 Å². The summed E-state index contributed by atoms with van der Waals surface area (Å²) in [7, 11) is 0. The van der Waals surface area contributed by atoms with Gasteiger partial charge in [-0.1, -0.05) is 6.07 Å². The molecule has 6 nitrogen and oxygen atoms in total. The molecule has 1 fully saturated rings. The predicted molar refractivity (Wildman–Crippen MR) is 109 cm³/mol. The Balaban J connectivity index is 1.72. The Kier molecular flexibility index (Phi) is 3.65. The Morgan fingerprint density at radius 1 is 1.11 bits per heavy atom. The fourth-order valence-electron chi connectivity index (χ4n) is 3.81. The number of benzene rings is 1. The lowest BCUT2D eigenvalue weighted by Gasteiger charge is -2.33. The van der Waals surface area contributed by atoms with Crippen LogP contribution in [-0.4, -0.2) is 32.4 Å². The van der Waals surface area contributed by atoms with E-state index in [1.54, 1.807) is 12.4 Å². The van der Waals surface area contributed by atoms with Crippen molar-refractivity contribution < 1.29 is 0 Å². The van der Waals surface area contributed by atoms with Gasteiger partial charge in [0, 0.05) is 52.8 Å². The van der Waals surface area contributed by atoms with E-state index in [0.29, 0.717) is 10.5 Å². The van der Waals surface area contributed by atoms with Gasteiger partial charge in [-0.2, -0.15) is 9.78 Å². The van der Waals surface area contributed by atoms with E-state index in [1.807, 2.05) is 19.2 Å². The molecule has 7 heteroatoms. The Labute approximate surface area is 160 Å². The summed E-state index contributed by atoms with van der Waals surface area (Å²) in [5.74, 6) is 0. The van der Waals surface area contributed by atoms with Gasteiger partial charge in [0.05, 0.1) is 11.6 Å². The molecule has 5 rings (SSSR count). The van der Waals surface area contributed by atoms with E-state index in [2.05, 4.69) is 43.8 Å². The van der Waals surface area contributed by atoms with E-state index in [4.69, 9.17) is 0 Å². The molecule has 4 aromatic rings. The van der Waals surface area contributed by atoms with Crippen LogP contribution in [0.1, 0.15) is 17.8 Å². The summed E-state index contributed by atoms with van der Waals surface area (Å²) >= 11 is 1.40. The predicted octanol–water partition coefficient (Wildman–Crippen LogP) is 3.46. The standard InChI is InChI=1S/C20H19N5OS/c1-13-17-12-22-25(20-21-7-10-27-20)19(26)18(17)14(2)24(13)16-6-3-5-15(11-16)23-8-4-9-23/h3,5-7,10-12H,4,8-9H2,1-2H3. The molecule has 0 spiro atoms. The Hall–Kier alpha value is -2.93. The van der Waals surface area contributed by atoms with Crippen LogP contribution in [0.3, 0.4) is 0 Å². The topological polar surface area (TPSA) is 56.0 Å². The van der Waals surface area contributed by atoms with Crippen LogP contribution >= 0.6 is 11.3 Å². The van der Waals surface area contributed by atoms with Crippen molar-refractivity contribution in [1.82, 2.24) is 19.3 Å². The second-order valence-electron chi connectivity index (χ2n) is 6.83. The van der Waals surface area contributed by atoms with Crippen molar-refractivity contribution in [1.29, 1.82) is 0 Å². The number of hydrogen-bond acceptors (Lipinski definition) is 5. The van der Waals surface area contributed by atoms with Gasteiger partial charge in [0.25, 0.3) is 5.56 Å². The average molecular weight is 377 g/mol. The van der Waals surface area contributed by atoms with Crippen molar-refractivity contribution in [2.24, 2.45) is 0 Å². The lowest BCUT2D eigenvalue weighted by Crippen LogP contribution is -2.36. The van der Waals surface area contributed by atoms with Crippen LogP contribution in [0, 0.1) is 13.8 Å². The SMILES string of the molecule is Cc1c2cnn(-c3nccs3)c(=O)c2c(C)n1-c1cccc(N2CCC2)c1. The summed E-state index contributed by atoms with van der Waals surface area (Å²) < 4.78 is 3.55. The Bertz CT molecular complexity index is 1200. The smallest absolute Gasteiger partial charge is 0.283 e. The molecule has 1 saturated heterocycles. The van der Waals surface area contributed by atoms with Crippen molar-refractivity contribution in [3.05, 3.63) is 63.8 Å². The molecule has 0 amide bonds. The van der Waals surface area contributed by atoms with E-state index >= 15 is 0 Å². The third-order valence-corrected chi connectivity index (χ3v) is 6.06. The second-order valence-corrected chi connectivity index (χ2v) is 7.70. The minimum Gasteiger partial charge on any atom is -0.371 e. The quantitative estimate of drug-likeness (QED) is 0.549. The molecule has 0 saturated carbocycles. The zero-order valence-corrected chi connectivity index (χ0v) is 16.0. The molecular formula is C20H19N5OS. The fraction of sp³-hybridized carbons (Fsp3) is 0.250. The monoisotopic (exact) mass is 377 g/mol. The molecule has 4 heterocycles. The summed E-state index contributed by atoms with van der Waals surface area (Å²) in [6.07, 6.45) is 4.71. The summed E-state index contributed by atoms with van der Waals surface area (Å²) in [5.41, 5.74) is 4.14. The summed E-state index contributed by atoms with van der Waals surface area (Å²) in [6.45, 7) is 6.26. The van der Waals surface area contributed by atoms with E-state index in [9.17, 15) is 4.79 Å². The van der Waals surface area contributed by atoms with Gasteiger partial charge in [0.2, 0.25) is 5.13 Å². The van der Waals surface area contributed by atoms with E-state index in [0.717, 1.165) is 35.6 Å². The number of fused-ring (bicyclic) bond motifs is 1. The number of nitrogens with zero attached hydrogens (tertiary/aromatic N) is 5. The van der Waals surface area contributed by atoms with Gasteiger partial charge in [-0.05, 0) is 38.5 Å². The number of hydrogen-bond donors (Lipinski definition) is 0. The largest absolute Gasteiger partial charge is 0.371 e. The molecule has 0 atom stereocenters. The Morgan fingerprint density at radius 3 is 2.63 bits per heavy atom. The summed E-state index contributed by atoms with van der Waals surface area (Å²) in [6, 6.07) is 8.52. The Morgan fingerprint density at radius 2 is 1.93 bits per heavy atom. The number of thiazole rings is 1. The number of rotatable bonds is 3. The highest BCUT2D eigenvalue weighted by molar-refractivity contribution is 7.12. The highest BCUT2D eigenvalue weighted by Gasteiger charge is 2.20. The molecule has 0 aliphatic carbocycles. The first-order valence-electron chi connectivity index (χ1n) is 9.00. The third kappa shape index (κ3) is 2.42. The number of aryl methyl sites for hydroxylation is 2. The van der Waals surface area contributed by atoms with Gasteiger partial charge in [-0.25, -0.2) is 4.98 Å². The zero-order chi connectivity index (χ0) is 18.5. The van der Waals surface area contributed by atoms with E-state index in [-0.39, 0.29) is 5.56 Å². The first-order valence-corrected chi connectivity index (χ1v) is 9.88. The summed E-state index contributed by atoms with van der Waals surface area (Å²) in [4.78, 5) is 19.7. The molecule has 1 aliphatic rings. The lowest BCUT2D eigenvalue weighted by molar-refractivity contribution is 0.617. The molecule has 0 bridgehead atoms. The van der Waals surface area contributed by atoms with Crippen LogP contribution in [-0.2, 0) is 0 Å². The van der Waals surface area contributed by atoms with Gasteiger partial charge < -0.3 is 9.47 Å². The van der Waals surface area contributed by atoms with E-state index in [1.165, 1.54) is 28.1 Å². The maximum Gasteiger partial charge on any atom is 0.283 e. The molecular weight excluding hydrogens is 358 g/mol. The molecule has 0 radical (unpaired) electrons. The molecule has 0 N–H and O–H groups in total. The molecule has 27 heavy (non-hydrogen) atoms. The molecule has 3 aromatic heterocycles. The zero-order valence-electron chi connectivity index (χ0n) is 15.2. The van der Waals surface area contributed by atoms with Gasteiger partial charge in [-0.15, -0.1) is 11.3 Å². The number of anilines is 1. The average Bonchev–Trinajstić information content (AvgIpc) is 3.22. The maximum absolute atomic E-state index is 13.1. The van der Waals surface area contributed by atoms with Crippen molar-refractivity contribution in [2.45, 2.75) is 20.3 Å². The van der Waals surface area contributed by atoms with E-state index < -0.39 is 0 Å². The fourth-order valence-corrected chi connectivity index (χ4v) is 4.40. The van der Waals surface area contributed by atoms with Crippen LogP contribution in [0.15, 0.2) is 46.8 Å². The molecule has 0 unspecified atom stereocenters. The maximum atomic E-state index is 13.1. The van der Waals surface area contributed by atoms with Gasteiger partial charge >= 0.3 is 0 Å². The molecule has 136 valence electrons. The van der Waals surface area contributed by atoms with Crippen LogP contribution < -0.4 is 10.5 Å². The van der Waals surface area contributed by atoms with Crippen molar-refractivity contribution in [3.63, 3.8) is 0 Å². The second kappa shape index (κ2) is 6.06. The highest BCUT2D eigenvalue weighted by atomic mass is 32.1. The van der Waals surface area contributed by atoms with Crippen molar-refractivity contribution in [3.8, 4) is 10.8 Å². The van der Waals surface area contributed by atoms with Crippen LogP contribution in [0.4, 0.5) is 5.69 Å². The first kappa shape index (κ1) is 16.3. The van der Waals surface area contributed by atoms with Gasteiger partial charge in [0.1, 0.15) is 0 Å². The minimum absolute atomic E-state index is 0.124. The molecule has 1 aliphatic heterocycles. The lowest BCUT2D eigenvalue weighted by atomic mass is 10.1. The van der Waals surface area contributed by atoms with Crippen molar-refractivity contribution >= 4 is 27.8 Å². The third-order valence-electron chi connectivity index (χ3n) is 5.31. The van der Waals surface area contributed by atoms with Gasteiger partial charge in [0.15, 0.2) is 0 Å². The first-order chi connectivity index (χ1) is 13.1. The summed E-state index contributed by atoms with van der Waals surface area (Å²) in [5, 5.41) is 8.38.